The molecular formula is C19H21N3O3S2. The van der Waals surface area contributed by atoms with Gasteiger partial charge in [-0.3, -0.25) is 9.67 Å². The number of H-pyrrole nitrogens is 1. The van der Waals surface area contributed by atoms with Gasteiger partial charge in [-0.05, 0) is 24.0 Å². The minimum absolute atomic E-state index is 0.482. The number of benzene rings is 2. The summed E-state index contributed by atoms with van der Waals surface area (Å²) < 4.78 is 18.7. The number of nitrogens with one attached hydrogen (secondary N) is 1. The Hall–Kier alpha value is -2.45. The molecule has 2 aromatic carbocycles. The Labute approximate surface area is 167 Å². The Balaban J connectivity index is 2.24. The first-order chi connectivity index (χ1) is 13.1. The molecule has 6 nitrogen and oxygen atoms in total. The molecule has 27 heavy (non-hydrogen) atoms. The maximum Gasteiger partial charge on any atom is 0.203 e. The summed E-state index contributed by atoms with van der Waals surface area (Å²) in [6.07, 6.45) is 0. The van der Waals surface area contributed by atoms with Crippen LogP contribution >= 0.6 is 24.0 Å². The van der Waals surface area contributed by atoms with Gasteiger partial charge in [0.15, 0.2) is 22.1 Å². The van der Waals surface area contributed by atoms with E-state index in [1.54, 1.807) is 33.1 Å². The van der Waals surface area contributed by atoms with Crippen LogP contribution < -0.4 is 14.2 Å². The number of aromatic amines is 1. The summed E-state index contributed by atoms with van der Waals surface area (Å²) in [5, 5.41) is 7.38. The van der Waals surface area contributed by atoms with Gasteiger partial charge >= 0.3 is 0 Å². The molecule has 0 unspecified atom stereocenters. The average molecular weight is 404 g/mol. The van der Waals surface area contributed by atoms with Crippen molar-refractivity contribution < 1.29 is 14.2 Å². The predicted molar refractivity (Wildman–Crippen MR) is 110 cm³/mol. The molecule has 1 N–H and O–H groups in total. The predicted octanol–water partition coefficient (Wildman–Crippen LogP) is 4.73. The highest BCUT2D eigenvalue weighted by Crippen LogP contribution is 2.40. The topological polar surface area (TPSA) is 61.3 Å². The summed E-state index contributed by atoms with van der Waals surface area (Å²) in [5.41, 5.74) is 1.78. The van der Waals surface area contributed by atoms with E-state index in [0.717, 1.165) is 27.7 Å². The van der Waals surface area contributed by atoms with Gasteiger partial charge in [0, 0.05) is 22.6 Å². The molecule has 0 saturated carbocycles. The van der Waals surface area contributed by atoms with Crippen molar-refractivity contribution in [3.05, 3.63) is 41.2 Å². The second kappa shape index (κ2) is 8.49. The third-order valence-electron chi connectivity index (χ3n) is 4.01. The number of rotatable bonds is 7. The van der Waals surface area contributed by atoms with E-state index in [1.165, 1.54) is 0 Å². The van der Waals surface area contributed by atoms with Gasteiger partial charge in [-0.15, -0.1) is 11.8 Å². The van der Waals surface area contributed by atoms with E-state index in [4.69, 9.17) is 26.4 Å². The number of aromatic nitrogens is 3. The van der Waals surface area contributed by atoms with Crippen LogP contribution in [-0.4, -0.2) is 41.8 Å². The molecule has 1 aromatic heterocycles. The van der Waals surface area contributed by atoms with E-state index < -0.39 is 0 Å². The van der Waals surface area contributed by atoms with Crippen molar-refractivity contribution in [2.45, 2.75) is 11.8 Å². The summed E-state index contributed by atoms with van der Waals surface area (Å²) in [6, 6.07) is 11.8. The van der Waals surface area contributed by atoms with Crippen molar-refractivity contribution in [3.63, 3.8) is 0 Å². The zero-order valence-corrected chi connectivity index (χ0v) is 17.2. The Kier molecular flexibility index (Phi) is 6.08. The first kappa shape index (κ1) is 19.3. The van der Waals surface area contributed by atoms with E-state index in [0.29, 0.717) is 22.0 Å². The smallest absolute Gasteiger partial charge is 0.203 e. The van der Waals surface area contributed by atoms with Crippen LogP contribution in [0.1, 0.15) is 6.92 Å². The Morgan fingerprint density at radius 1 is 1.07 bits per heavy atom. The monoisotopic (exact) mass is 403 g/mol. The van der Waals surface area contributed by atoms with Crippen molar-refractivity contribution >= 4 is 24.0 Å². The number of methoxy groups -OCH3 is 3. The number of hydrogen-bond donors (Lipinski definition) is 1. The normalized spacial score (nSPS) is 10.7. The Morgan fingerprint density at radius 2 is 1.74 bits per heavy atom. The first-order valence-electron chi connectivity index (χ1n) is 8.34. The van der Waals surface area contributed by atoms with Gasteiger partial charge < -0.3 is 14.2 Å². The molecule has 3 rings (SSSR count). The van der Waals surface area contributed by atoms with Crippen LogP contribution in [-0.2, 0) is 0 Å². The molecule has 0 aliphatic rings. The largest absolute Gasteiger partial charge is 0.493 e. The van der Waals surface area contributed by atoms with Crippen LogP contribution in [0.15, 0.2) is 41.3 Å². The second-order valence-corrected chi connectivity index (χ2v) is 7.19. The fourth-order valence-electron chi connectivity index (χ4n) is 2.85. The van der Waals surface area contributed by atoms with E-state index >= 15 is 0 Å². The Bertz CT molecular complexity index is 973. The molecule has 0 amide bonds. The lowest BCUT2D eigenvalue weighted by Gasteiger charge is -2.16. The number of nitrogens with zero attached hydrogens (tertiary/aromatic N) is 2. The molecule has 0 aliphatic heterocycles. The van der Waals surface area contributed by atoms with Gasteiger partial charge in [0.2, 0.25) is 5.75 Å². The van der Waals surface area contributed by atoms with E-state index in [1.807, 2.05) is 34.9 Å². The number of hydrogen-bond acceptors (Lipinski definition) is 6. The van der Waals surface area contributed by atoms with Gasteiger partial charge in [-0.2, -0.15) is 5.10 Å². The van der Waals surface area contributed by atoms with Crippen LogP contribution in [0.25, 0.3) is 17.1 Å². The van der Waals surface area contributed by atoms with Gasteiger partial charge in [-0.1, -0.05) is 25.1 Å². The summed E-state index contributed by atoms with van der Waals surface area (Å²) in [7, 11) is 4.75. The van der Waals surface area contributed by atoms with Crippen molar-refractivity contribution in [2.75, 3.05) is 27.1 Å². The molecule has 0 atom stereocenters. The van der Waals surface area contributed by atoms with Gasteiger partial charge in [0.05, 0.1) is 27.0 Å². The lowest BCUT2D eigenvalue weighted by atomic mass is 10.2. The standard InChI is InChI=1S/C19H21N3O3S2/c1-5-27-16-9-7-6-8-13(16)18-20-21-19(26)22(18)12-10-14(23-2)17(25-4)15(11-12)24-3/h6-11H,5H2,1-4H3,(H,21,26). The molecule has 0 saturated heterocycles. The minimum atomic E-state index is 0.482. The molecule has 8 heteroatoms. The molecule has 0 radical (unpaired) electrons. The maximum absolute atomic E-state index is 5.51. The van der Waals surface area contributed by atoms with Crippen LogP contribution in [0.4, 0.5) is 0 Å². The quantitative estimate of drug-likeness (QED) is 0.454. The van der Waals surface area contributed by atoms with Crippen LogP contribution in [0, 0.1) is 4.77 Å². The van der Waals surface area contributed by atoms with E-state index in [9.17, 15) is 0 Å². The average Bonchev–Trinajstić information content (AvgIpc) is 3.08. The first-order valence-corrected chi connectivity index (χ1v) is 9.74. The summed E-state index contributed by atoms with van der Waals surface area (Å²) in [4.78, 5) is 1.14. The van der Waals surface area contributed by atoms with Gasteiger partial charge in [0.1, 0.15) is 0 Å². The molecule has 3 aromatic rings. The summed E-state index contributed by atoms with van der Waals surface area (Å²) in [6.45, 7) is 2.12. The number of ether oxygens (including phenoxy) is 3. The molecule has 1 heterocycles. The fraction of sp³-hybridized carbons (Fsp3) is 0.263. The molecule has 0 fully saturated rings. The third-order valence-corrected chi connectivity index (χ3v) is 5.24. The molecule has 0 bridgehead atoms. The van der Waals surface area contributed by atoms with E-state index in [2.05, 4.69) is 23.2 Å². The molecule has 142 valence electrons. The van der Waals surface area contributed by atoms with Crippen molar-refractivity contribution in [1.82, 2.24) is 14.8 Å². The highest BCUT2D eigenvalue weighted by molar-refractivity contribution is 7.99. The molecule has 0 spiro atoms. The van der Waals surface area contributed by atoms with Gasteiger partial charge in [0.25, 0.3) is 0 Å². The van der Waals surface area contributed by atoms with Crippen LogP contribution in [0.2, 0.25) is 0 Å². The zero-order chi connectivity index (χ0) is 19.4. The minimum Gasteiger partial charge on any atom is -0.493 e. The number of thioether (sulfide) groups is 1. The maximum atomic E-state index is 5.51. The highest BCUT2D eigenvalue weighted by Gasteiger charge is 2.19. The SMILES string of the molecule is CCSc1ccccc1-c1n[nH]c(=S)n1-c1cc(OC)c(OC)c(OC)c1. The molecular weight excluding hydrogens is 382 g/mol. The van der Waals surface area contributed by atoms with Crippen molar-refractivity contribution in [3.8, 4) is 34.3 Å². The lowest BCUT2D eigenvalue weighted by molar-refractivity contribution is 0.324. The van der Waals surface area contributed by atoms with Crippen molar-refractivity contribution in [1.29, 1.82) is 0 Å². The van der Waals surface area contributed by atoms with Crippen LogP contribution in [0.3, 0.4) is 0 Å². The summed E-state index contributed by atoms with van der Waals surface area (Å²) >= 11 is 7.27. The summed E-state index contributed by atoms with van der Waals surface area (Å²) in [5.74, 6) is 3.33. The van der Waals surface area contributed by atoms with Gasteiger partial charge in [-0.25, -0.2) is 0 Å². The third kappa shape index (κ3) is 3.68. The highest BCUT2D eigenvalue weighted by atomic mass is 32.2. The second-order valence-electron chi connectivity index (χ2n) is 5.50. The lowest BCUT2D eigenvalue weighted by Crippen LogP contribution is -2.02. The van der Waals surface area contributed by atoms with Crippen molar-refractivity contribution in [2.24, 2.45) is 0 Å². The fourth-order valence-corrected chi connectivity index (χ4v) is 3.88. The Morgan fingerprint density at radius 3 is 2.33 bits per heavy atom. The zero-order valence-electron chi connectivity index (χ0n) is 15.6. The van der Waals surface area contributed by atoms with E-state index in [-0.39, 0.29) is 0 Å². The molecule has 0 aliphatic carbocycles. The van der Waals surface area contributed by atoms with Crippen LogP contribution in [0.5, 0.6) is 17.2 Å².